The zero-order valence-corrected chi connectivity index (χ0v) is 13.8. The minimum atomic E-state index is 0.142. The lowest BCUT2D eigenvalue weighted by atomic mass is 10.0. The Morgan fingerprint density at radius 1 is 1.50 bits per heavy atom. The summed E-state index contributed by atoms with van der Waals surface area (Å²) in [5.74, 6) is 1.50. The molecular weight excluding hydrogens is 298 g/mol. The number of amides is 1. The van der Waals surface area contributed by atoms with E-state index in [2.05, 4.69) is 10.3 Å². The highest BCUT2D eigenvalue weighted by molar-refractivity contribution is 7.13. The molecule has 0 aliphatic carbocycles. The second-order valence-electron chi connectivity index (χ2n) is 5.62. The van der Waals surface area contributed by atoms with Gasteiger partial charge < -0.3 is 14.6 Å². The normalized spacial score (nSPS) is 16.2. The lowest BCUT2D eigenvalue weighted by Crippen LogP contribution is -2.44. The molecule has 2 aromatic rings. The molecule has 1 amide bonds. The van der Waals surface area contributed by atoms with E-state index in [0.29, 0.717) is 18.4 Å². The van der Waals surface area contributed by atoms with E-state index < -0.39 is 0 Å². The monoisotopic (exact) mass is 319 g/mol. The van der Waals surface area contributed by atoms with Crippen LogP contribution in [0.25, 0.3) is 10.8 Å². The van der Waals surface area contributed by atoms with E-state index in [1.807, 2.05) is 36.4 Å². The molecule has 0 aromatic carbocycles. The standard InChI is InChI=1S/C16H21N3O2S/c1-11-13(18-16(21-11)14-4-3-9-22-14)10-15(20)19-7-5-12(17-2)6-8-19/h3-4,9,12,17H,5-8,10H2,1-2H3. The molecule has 1 aliphatic rings. The first-order chi connectivity index (χ1) is 10.7. The summed E-state index contributed by atoms with van der Waals surface area (Å²) in [6.45, 7) is 3.51. The van der Waals surface area contributed by atoms with E-state index in [1.54, 1.807) is 11.3 Å². The number of carbonyl (C=O) groups is 1. The van der Waals surface area contributed by atoms with Crippen LogP contribution < -0.4 is 5.32 Å². The van der Waals surface area contributed by atoms with Crippen LogP contribution in [0.4, 0.5) is 0 Å². The Morgan fingerprint density at radius 2 is 2.27 bits per heavy atom. The summed E-state index contributed by atoms with van der Waals surface area (Å²) in [6.07, 6.45) is 2.35. The number of thiophene rings is 1. The Bertz CT molecular complexity index is 628. The molecule has 3 rings (SSSR count). The molecule has 0 spiro atoms. The molecule has 5 nitrogen and oxygen atoms in total. The Balaban J connectivity index is 1.65. The molecule has 0 unspecified atom stereocenters. The molecule has 0 saturated carbocycles. The Kier molecular flexibility index (Phi) is 4.59. The first-order valence-electron chi connectivity index (χ1n) is 7.62. The predicted octanol–water partition coefficient (Wildman–Crippen LogP) is 2.46. The zero-order chi connectivity index (χ0) is 15.5. The van der Waals surface area contributed by atoms with Gasteiger partial charge in [0.15, 0.2) is 0 Å². The fourth-order valence-corrected chi connectivity index (χ4v) is 3.42. The number of oxazole rings is 1. The van der Waals surface area contributed by atoms with Gasteiger partial charge in [-0.05, 0) is 38.3 Å². The largest absolute Gasteiger partial charge is 0.440 e. The number of aryl methyl sites for hydroxylation is 1. The first-order valence-corrected chi connectivity index (χ1v) is 8.50. The molecule has 0 radical (unpaired) electrons. The van der Waals surface area contributed by atoms with Crippen molar-refractivity contribution in [3.63, 3.8) is 0 Å². The van der Waals surface area contributed by atoms with Gasteiger partial charge in [-0.3, -0.25) is 4.79 Å². The minimum Gasteiger partial charge on any atom is -0.440 e. The molecule has 1 fully saturated rings. The van der Waals surface area contributed by atoms with E-state index >= 15 is 0 Å². The van der Waals surface area contributed by atoms with Crippen LogP contribution in [0.2, 0.25) is 0 Å². The molecule has 118 valence electrons. The van der Waals surface area contributed by atoms with Crippen LogP contribution >= 0.6 is 11.3 Å². The van der Waals surface area contributed by atoms with Gasteiger partial charge in [0.25, 0.3) is 0 Å². The zero-order valence-electron chi connectivity index (χ0n) is 13.0. The third-order valence-corrected chi connectivity index (χ3v) is 5.06. The SMILES string of the molecule is CNC1CCN(C(=O)Cc2nc(-c3cccs3)oc2C)CC1. The van der Waals surface area contributed by atoms with Gasteiger partial charge in [-0.15, -0.1) is 11.3 Å². The molecule has 1 saturated heterocycles. The van der Waals surface area contributed by atoms with Gasteiger partial charge in [0, 0.05) is 19.1 Å². The van der Waals surface area contributed by atoms with Gasteiger partial charge in [-0.25, -0.2) is 4.98 Å². The third kappa shape index (κ3) is 3.23. The van der Waals surface area contributed by atoms with Crippen molar-refractivity contribution in [2.24, 2.45) is 0 Å². The van der Waals surface area contributed by atoms with Crippen molar-refractivity contribution in [1.82, 2.24) is 15.2 Å². The topological polar surface area (TPSA) is 58.4 Å². The van der Waals surface area contributed by atoms with Crippen molar-refractivity contribution in [2.45, 2.75) is 32.2 Å². The lowest BCUT2D eigenvalue weighted by molar-refractivity contribution is -0.131. The van der Waals surface area contributed by atoms with Crippen molar-refractivity contribution in [3.05, 3.63) is 29.0 Å². The van der Waals surface area contributed by atoms with Gasteiger partial charge in [0.2, 0.25) is 11.8 Å². The number of hydrogen-bond donors (Lipinski definition) is 1. The van der Waals surface area contributed by atoms with Crippen LogP contribution in [0.5, 0.6) is 0 Å². The van der Waals surface area contributed by atoms with Crippen LogP contribution in [0.15, 0.2) is 21.9 Å². The van der Waals surface area contributed by atoms with Gasteiger partial charge in [-0.1, -0.05) is 6.07 Å². The summed E-state index contributed by atoms with van der Waals surface area (Å²) < 4.78 is 5.70. The molecule has 0 bridgehead atoms. The summed E-state index contributed by atoms with van der Waals surface area (Å²) >= 11 is 1.59. The molecule has 0 atom stereocenters. The second kappa shape index (κ2) is 6.62. The molecule has 6 heteroatoms. The first kappa shape index (κ1) is 15.2. The molecule has 3 heterocycles. The van der Waals surface area contributed by atoms with Gasteiger partial charge in [-0.2, -0.15) is 0 Å². The molecule has 1 aliphatic heterocycles. The quantitative estimate of drug-likeness (QED) is 0.940. The maximum atomic E-state index is 12.4. The maximum Gasteiger partial charge on any atom is 0.236 e. The van der Waals surface area contributed by atoms with Crippen LogP contribution in [-0.2, 0) is 11.2 Å². The number of nitrogens with zero attached hydrogens (tertiary/aromatic N) is 2. The highest BCUT2D eigenvalue weighted by atomic mass is 32.1. The van der Waals surface area contributed by atoms with E-state index in [-0.39, 0.29) is 5.91 Å². The second-order valence-corrected chi connectivity index (χ2v) is 6.57. The highest BCUT2D eigenvalue weighted by Gasteiger charge is 2.23. The summed E-state index contributed by atoms with van der Waals surface area (Å²) in [4.78, 5) is 19.9. The number of hydrogen-bond acceptors (Lipinski definition) is 5. The summed E-state index contributed by atoms with van der Waals surface area (Å²) in [7, 11) is 1.98. The Morgan fingerprint density at radius 3 is 2.91 bits per heavy atom. The van der Waals surface area contributed by atoms with E-state index in [4.69, 9.17) is 4.42 Å². The molecular formula is C16H21N3O2S. The van der Waals surface area contributed by atoms with Gasteiger partial charge in [0.1, 0.15) is 5.76 Å². The highest BCUT2D eigenvalue weighted by Crippen LogP contribution is 2.26. The Labute approximate surface area is 134 Å². The lowest BCUT2D eigenvalue weighted by Gasteiger charge is -2.31. The van der Waals surface area contributed by atoms with Crippen molar-refractivity contribution in [2.75, 3.05) is 20.1 Å². The van der Waals surface area contributed by atoms with Crippen LogP contribution in [-0.4, -0.2) is 42.0 Å². The van der Waals surface area contributed by atoms with E-state index in [9.17, 15) is 4.79 Å². The van der Waals surface area contributed by atoms with Crippen molar-refractivity contribution < 1.29 is 9.21 Å². The van der Waals surface area contributed by atoms with Crippen molar-refractivity contribution in [3.8, 4) is 10.8 Å². The van der Waals surface area contributed by atoms with Crippen LogP contribution in [0.3, 0.4) is 0 Å². The predicted molar refractivity (Wildman–Crippen MR) is 86.9 cm³/mol. The number of carbonyl (C=O) groups excluding carboxylic acids is 1. The number of piperidine rings is 1. The third-order valence-electron chi connectivity index (χ3n) is 4.20. The number of aromatic nitrogens is 1. The molecule has 22 heavy (non-hydrogen) atoms. The average Bonchev–Trinajstić information content (AvgIpc) is 3.18. The van der Waals surface area contributed by atoms with Crippen LogP contribution in [0.1, 0.15) is 24.3 Å². The maximum absolute atomic E-state index is 12.4. The number of rotatable bonds is 4. The van der Waals surface area contributed by atoms with Crippen LogP contribution in [0, 0.1) is 6.92 Å². The smallest absolute Gasteiger partial charge is 0.236 e. The summed E-state index contributed by atoms with van der Waals surface area (Å²) in [6, 6.07) is 4.48. The minimum absolute atomic E-state index is 0.142. The fraction of sp³-hybridized carbons (Fsp3) is 0.500. The van der Waals surface area contributed by atoms with Gasteiger partial charge in [0.05, 0.1) is 17.0 Å². The van der Waals surface area contributed by atoms with E-state index in [0.717, 1.165) is 42.3 Å². The Hall–Kier alpha value is -1.66. The molecule has 2 aromatic heterocycles. The number of likely N-dealkylation sites (tertiary alicyclic amines) is 1. The summed E-state index contributed by atoms with van der Waals surface area (Å²) in [5.41, 5.74) is 0.754. The van der Waals surface area contributed by atoms with Crippen molar-refractivity contribution in [1.29, 1.82) is 0 Å². The number of nitrogens with one attached hydrogen (secondary N) is 1. The summed E-state index contributed by atoms with van der Waals surface area (Å²) in [5, 5.41) is 5.27. The van der Waals surface area contributed by atoms with Crippen molar-refractivity contribution >= 4 is 17.2 Å². The van der Waals surface area contributed by atoms with E-state index in [1.165, 1.54) is 0 Å². The average molecular weight is 319 g/mol. The fourth-order valence-electron chi connectivity index (χ4n) is 2.77. The molecule has 1 N–H and O–H groups in total. The van der Waals surface area contributed by atoms with Gasteiger partial charge >= 0.3 is 0 Å².